The van der Waals surface area contributed by atoms with Crippen molar-refractivity contribution in [1.82, 2.24) is 31.5 Å². The van der Waals surface area contributed by atoms with Crippen LogP contribution in [-0.4, -0.2) is 218 Å². The van der Waals surface area contributed by atoms with E-state index in [0.717, 1.165) is 0 Å². The minimum Gasteiger partial charge on any atom is -0.481 e. The van der Waals surface area contributed by atoms with E-state index in [1.165, 1.54) is 18.7 Å². The molecule has 1 fully saturated rings. The Labute approximate surface area is 399 Å². The van der Waals surface area contributed by atoms with Crippen molar-refractivity contribution >= 4 is 47.2 Å². The van der Waals surface area contributed by atoms with Crippen molar-refractivity contribution in [2.24, 2.45) is 5.92 Å². The first-order valence-electron chi connectivity index (χ1n) is 23.3. The molecule has 0 unspecified atom stereocenters. The summed E-state index contributed by atoms with van der Waals surface area (Å²) in [5.41, 5.74) is 0. The molecule has 0 aliphatic carbocycles. The van der Waals surface area contributed by atoms with E-state index in [-0.39, 0.29) is 63.9 Å². The number of hydrogen-bond acceptors (Lipinski definition) is 17. The Morgan fingerprint density at radius 2 is 1.10 bits per heavy atom. The van der Waals surface area contributed by atoms with Crippen LogP contribution in [0, 0.1) is 5.92 Å². The maximum atomic E-state index is 13.9. The largest absolute Gasteiger partial charge is 0.481 e. The number of carboxylic acid groups (broad SMARTS) is 1. The topological polar surface area (TPSA) is 314 Å². The number of ketones is 1. The normalized spacial score (nSPS) is 15.3. The van der Waals surface area contributed by atoms with Gasteiger partial charge in [0.05, 0.1) is 118 Å². The van der Waals surface area contributed by atoms with Crippen LogP contribution >= 0.6 is 0 Å². The van der Waals surface area contributed by atoms with Gasteiger partial charge < -0.3 is 79.6 Å². The van der Waals surface area contributed by atoms with Crippen LogP contribution in [0.3, 0.4) is 0 Å². The third-order valence-electron chi connectivity index (χ3n) is 9.76. The van der Waals surface area contributed by atoms with E-state index in [1.54, 1.807) is 0 Å². The Morgan fingerprint density at radius 1 is 0.603 bits per heavy atom. The third kappa shape index (κ3) is 30.2. The highest BCUT2D eigenvalue weighted by atomic mass is 16.6. The molecule has 1 heterocycles. The molecule has 392 valence electrons. The molecule has 0 spiro atoms. The van der Waals surface area contributed by atoms with E-state index >= 15 is 0 Å². The lowest BCUT2D eigenvalue weighted by Crippen LogP contribution is -2.60. The van der Waals surface area contributed by atoms with Crippen molar-refractivity contribution in [2.45, 2.75) is 103 Å². The standard InChI is InChI=1S/C44H78N6O18/c1-6-61-14-15-63-18-19-65-22-23-67-26-27-68-25-24-66-21-20-64-17-16-62-13-11-37(53)47-35(28-31(2)3)44(60)50-12-7-8-36(50)42(58)48-34(9-10-39(55)56)41(57)49-40(33(5)52)43(59)46-30-38(54)45-29-32(4)51/h31,33-36,40,52H,6-30H2,1-5H3,(H,45,54)(H,46,59)(H,47,53)(H,48,58)(H,49,57)(H,55,56)/t33-,34+,35+,36-,40+/m1/s1. The molecule has 24 nitrogen and oxygen atoms in total. The van der Waals surface area contributed by atoms with Crippen LogP contribution in [-0.2, 0) is 76.3 Å². The van der Waals surface area contributed by atoms with E-state index in [0.29, 0.717) is 92.3 Å². The zero-order valence-corrected chi connectivity index (χ0v) is 40.5. The Bertz CT molecular complexity index is 1490. The summed E-state index contributed by atoms with van der Waals surface area (Å²) in [6, 6.07) is -5.14. The highest BCUT2D eigenvalue weighted by Crippen LogP contribution is 2.21. The maximum absolute atomic E-state index is 13.9. The molecular formula is C44H78N6O18. The molecule has 1 aliphatic heterocycles. The van der Waals surface area contributed by atoms with Crippen LogP contribution in [0.2, 0.25) is 0 Å². The number of rotatable bonds is 42. The Hall–Kier alpha value is -4.40. The SMILES string of the molecule is CCOCCOCCOCCOCCOCCOCCOCCOCCC(=O)N[C@@H](CC(C)C)C(=O)N1CCC[C@@H]1C(=O)N[C@@H](CCC(=O)O)C(=O)N[C@H](C(=O)NCC(=O)NCC(C)=O)[C@@H](C)O. The minimum absolute atomic E-state index is 0.0223. The van der Waals surface area contributed by atoms with Crippen LogP contribution in [0.4, 0.5) is 0 Å². The fraction of sp³-hybridized carbons (Fsp3) is 0.818. The van der Waals surface area contributed by atoms with Gasteiger partial charge in [-0.05, 0) is 52.4 Å². The summed E-state index contributed by atoms with van der Waals surface area (Å²) in [4.78, 5) is 103. The molecule has 7 N–H and O–H groups in total. The molecule has 0 saturated carbocycles. The molecule has 5 atom stereocenters. The van der Waals surface area contributed by atoms with Crippen LogP contribution in [0.5, 0.6) is 0 Å². The van der Waals surface area contributed by atoms with Gasteiger partial charge >= 0.3 is 5.97 Å². The van der Waals surface area contributed by atoms with Crippen LogP contribution in [0.1, 0.15) is 73.1 Å². The van der Waals surface area contributed by atoms with Crippen LogP contribution in [0.25, 0.3) is 0 Å². The first kappa shape index (κ1) is 61.6. The molecule has 24 heteroatoms. The maximum Gasteiger partial charge on any atom is 0.303 e. The number of hydrogen-bond donors (Lipinski definition) is 7. The highest BCUT2D eigenvalue weighted by molar-refractivity contribution is 5.96. The molecule has 68 heavy (non-hydrogen) atoms. The summed E-state index contributed by atoms with van der Waals surface area (Å²) in [5, 5.41) is 31.7. The van der Waals surface area contributed by atoms with Gasteiger partial charge in [0, 0.05) is 26.0 Å². The summed E-state index contributed by atoms with van der Waals surface area (Å²) < 4.78 is 43.4. The number of carbonyl (C=O) groups excluding carboxylic acids is 7. The van der Waals surface area contributed by atoms with Crippen molar-refractivity contribution in [3.8, 4) is 0 Å². The fourth-order valence-corrected chi connectivity index (χ4v) is 6.34. The number of Topliss-reactive ketones (excluding diaryl/α,β-unsaturated/α-hetero) is 1. The number of amides is 6. The van der Waals surface area contributed by atoms with Crippen molar-refractivity contribution in [1.29, 1.82) is 0 Å². The number of aliphatic hydroxyl groups excluding tert-OH is 1. The number of aliphatic carboxylic acids is 1. The molecule has 0 radical (unpaired) electrons. The lowest BCUT2D eigenvalue weighted by Gasteiger charge is -2.31. The van der Waals surface area contributed by atoms with Gasteiger partial charge in [-0.3, -0.25) is 38.4 Å². The zero-order valence-electron chi connectivity index (χ0n) is 40.5. The number of ether oxygens (including phenoxy) is 8. The van der Waals surface area contributed by atoms with Gasteiger partial charge in [-0.15, -0.1) is 0 Å². The molecule has 1 saturated heterocycles. The second kappa shape index (κ2) is 38.4. The monoisotopic (exact) mass is 979 g/mol. The quantitative estimate of drug-likeness (QED) is 0.0328. The molecule has 0 aromatic rings. The van der Waals surface area contributed by atoms with E-state index in [4.69, 9.17) is 37.9 Å². The summed E-state index contributed by atoms with van der Waals surface area (Å²) in [6.07, 6.45) is -1.57. The Morgan fingerprint density at radius 3 is 1.56 bits per heavy atom. The van der Waals surface area contributed by atoms with Gasteiger partial charge in [0.2, 0.25) is 35.4 Å². The Balaban J connectivity index is 2.48. The first-order chi connectivity index (χ1) is 32.6. The molecule has 0 bridgehead atoms. The van der Waals surface area contributed by atoms with Gasteiger partial charge in [-0.2, -0.15) is 0 Å². The second-order valence-electron chi connectivity index (χ2n) is 16.1. The zero-order chi connectivity index (χ0) is 50.5. The van der Waals surface area contributed by atoms with Crippen LogP contribution in [0.15, 0.2) is 0 Å². The molecular weight excluding hydrogens is 901 g/mol. The predicted molar refractivity (Wildman–Crippen MR) is 242 cm³/mol. The summed E-state index contributed by atoms with van der Waals surface area (Å²) in [7, 11) is 0. The number of carboxylic acids is 1. The third-order valence-corrected chi connectivity index (χ3v) is 9.76. The smallest absolute Gasteiger partial charge is 0.303 e. The molecule has 6 amide bonds. The second-order valence-corrected chi connectivity index (χ2v) is 16.1. The average molecular weight is 979 g/mol. The van der Waals surface area contributed by atoms with Gasteiger partial charge in [0.25, 0.3) is 0 Å². The summed E-state index contributed by atoms with van der Waals surface area (Å²) in [5.74, 6) is -5.97. The van der Waals surface area contributed by atoms with Gasteiger partial charge in [-0.25, -0.2) is 0 Å². The lowest BCUT2D eigenvalue weighted by molar-refractivity contribution is -0.143. The predicted octanol–water partition coefficient (Wildman–Crippen LogP) is -1.91. The van der Waals surface area contributed by atoms with E-state index in [2.05, 4.69) is 26.6 Å². The molecule has 0 aromatic heterocycles. The fourth-order valence-electron chi connectivity index (χ4n) is 6.34. The van der Waals surface area contributed by atoms with Crippen molar-refractivity contribution in [2.75, 3.05) is 125 Å². The summed E-state index contributed by atoms with van der Waals surface area (Å²) in [6.45, 7) is 14.2. The number of carbonyl (C=O) groups is 8. The van der Waals surface area contributed by atoms with E-state index in [1.807, 2.05) is 20.8 Å². The van der Waals surface area contributed by atoms with Gasteiger partial charge in [0.15, 0.2) is 0 Å². The summed E-state index contributed by atoms with van der Waals surface area (Å²) >= 11 is 0. The lowest BCUT2D eigenvalue weighted by atomic mass is 10.0. The number of likely N-dealkylation sites (tertiary alicyclic amines) is 1. The first-order valence-corrected chi connectivity index (χ1v) is 23.3. The van der Waals surface area contributed by atoms with Crippen molar-refractivity contribution in [3.05, 3.63) is 0 Å². The highest BCUT2D eigenvalue weighted by Gasteiger charge is 2.39. The Kier molecular flexibility index (Phi) is 34.8. The average Bonchev–Trinajstić information content (AvgIpc) is 3.79. The van der Waals surface area contributed by atoms with E-state index < -0.39 is 91.1 Å². The van der Waals surface area contributed by atoms with Gasteiger partial charge in [-0.1, -0.05) is 13.8 Å². The number of aliphatic hydroxyl groups is 1. The van der Waals surface area contributed by atoms with Crippen molar-refractivity contribution < 1.29 is 86.5 Å². The van der Waals surface area contributed by atoms with Crippen molar-refractivity contribution in [3.63, 3.8) is 0 Å². The van der Waals surface area contributed by atoms with Gasteiger partial charge in [0.1, 0.15) is 30.0 Å². The molecule has 0 aromatic carbocycles. The molecule has 1 aliphatic rings. The van der Waals surface area contributed by atoms with E-state index in [9.17, 15) is 48.6 Å². The number of nitrogens with one attached hydrogen (secondary N) is 5. The molecule has 1 rings (SSSR count). The minimum atomic E-state index is -1.61. The van der Waals surface area contributed by atoms with Crippen LogP contribution < -0.4 is 26.6 Å². The number of nitrogens with zero attached hydrogens (tertiary/aromatic N) is 1.